The van der Waals surface area contributed by atoms with Crippen LogP contribution < -0.4 is 10.8 Å². The number of nitrogens with zero attached hydrogens (tertiary/aromatic N) is 2. The molecule has 0 fully saturated rings. The Hall–Kier alpha value is -1.46. The lowest BCUT2D eigenvalue weighted by Gasteiger charge is -2.36. The lowest BCUT2D eigenvalue weighted by molar-refractivity contribution is -0.808. The number of hydrogen-bond acceptors (Lipinski definition) is 4. The molecule has 2 atom stereocenters. The maximum Gasteiger partial charge on any atom is 0.209 e. The van der Waals surface area contributed by atoms with Crippen molar-refractivity contribution in [3.63, 3.8) is 0 Å². The lowest BCUT2D eigenvalue weighted by Crippen LogP contribution is -2.60. The van der Waals surface area contributed by atoms with Gasteiger partial charge < -0.3 is 9.90 Å². The average Bonchev–Trinajstić information content (AvgIpc) is 3.16. The number of aliphatic carboxylic acids is 1. The van der Waals surface area contributed by atoms with Crippen molar-refractivity contribution < 1.29 is 14.4 Å². The number of amidine groups is 1. The van der Waals surface area contributed by atoms with Gasteiger partial charge in [-0.3, -0.25) is 5.73 Å². The van der Waals surface area contributed by atoms with E-state index in [-0.39, 0.29) is 17.2 Å². The Labute approximate surface area is 197 Å². The fourth-order valence-corrected chi connectivity index (χ4v) is 4.45. The number of carbonyl (C=O) groups excluding carboxylic acids is 1. The van der Waals surface area contributed by atoms with Gasteiger partial charge in [-0.25, -0.2) is 9.48 Å². The van der Waals surface area contributed by atoms with Crippen LogP contribution in [0.3, 0.4) is 0 Å². The molecule has 1 aliphatic rings. The SMILES string of the molecule is CCCC/C=C/CCCCCCCCCCCCCCC1=NC=C[N+]1(CC(=O)[O-])C(C)N. The van der Waals surface area contributed by atoms with Crippen molar-refractivity contribution in [1.82, 2.24) is 0 Å². The predicted molar refractivity (Wildman–Crippen MR) is 134 cm³/mol. The van der Waals surface area contributed by atoms with Gasteiger partial charge in [-0.1, -0.05) is 96.1 Å². The summed E-state index contributed by atoms with van der Waals surface area (Å²) in [5, 5.41) is 11.2. The van der Waals surface area contributed by atoms with E-state index in [0.717, 1.165) is 25.1 Å². The van der Waals surface area contributed by atoms with Crippen molar-refractivity contribution in [2.24, 2.45) is 10.7 Å². The van der Waals surface area contributed by atoms with Gasteiger partial charge in [0.05, 0.1) is 12.2 Å². The third kappa shape index (κ3) is 12.0. The normalized spacial score (nSPS) is 19.0. The minimum Gasteiger partial charge on any atom is -0.544 e. The van der Waals surface area contributed by atoms with Gasteiger partial charge in [0, 0.05) is 13.3 Å². The first-order chi connectivity index (χ1) is 15.5. The molecule has 0 amide bonds. The Bertz CT molecular complexity index is 583. The van der Waals surface area contributed by atoms with Crippen LogP contribution >= 0.6 is 0 Å². The number of hydrogen-bond donors (Lipinski definition) is 1. The Morgan fingerprint density at radius 2 is 1.44 bits per heavy atom. The zero-order valence-electron chi connectivity index (χ0n) is 20.9. The zero-order valence-corrected chi connectivity index (χ0v) is 20.9. The van der Waals surface area contributed by atoms with Crippen LogP contribution in [0.2, 0.25) is 0 Å². The molecule has 0 saturated carbocycles. The Balaban J connectivity index is 1.94. The van der Waals surface area contributed by atoms with Crippen molar-refractivity contribution in [3.05, 3.63) is 24.6 Å². The third-order valence-corrected chi connectivity index (χ3v) is 6.57. The summed E-state index contributed by atoms with van der Waals surface area (Å²) in [5.74, 6) is -0.228. The van der Waals surface area contributed by atoms with E-state index in [0.29, 0.717) is 0 Å². The number of allylic oxidation sites excluding steroid dienone is 2. The van der Waals surface area contributed by atoms with Gasteiger partial charge in [0.2, 0.25) is 5.84 Å². The van der Waals surface area contributed by atoms with Crippen LogP contribution in [-0.2, 0) is 4.79 Å². The number of aliphatic imine (C=N–C) groups is 1. The molecule has 2 N–H and O–H groups in total. The van der Waals surface area contributed by atoms with Gasteiger partial charge in [0.15, 0.2) is 0 Å². The summed E-state index contributed by atoms with van der Waals surface area (Å²) in [4.78, 5) is 15.6. The second kappa shape index (κ2) is 18.0. The smallest absolute Gasteiger partial charge is 0.209 e. The molecule has 0 aromatic heterocycles. The molecule has 0 spiro atoms. The van der Waals surface area contributed by atoms with Crippen molar-refractivity contribution in [2.75, 3.05) is 6.54 Å². The highest BCUT2D eigenvalue weighted by molar-refractivity contribution is 5.81. The number of quaternary nitrogens is 1. The van der Waals surface area contributed by atoms with E-state index in [9.17, 15) is 9.90 Å². The summed E-state index contributed by atoms with van der Waals surface area (Å²) < 4.78 is 0.109. The molecule has 1 rings (SSSR count). The van der Waals surface area contributed by atoms with Crippen LogP contribution in [0.25, 0.3) is 0 Å². The summed E-state index contributed by atoms with van der Waals surface area (Å²) >= 11 is 0. The molecule has 5 heteroatoms. The van der Waals surface area contributed by atoms with Crippen LogP contribution in [0.1, 0.15) is 123 Å². The topological polar surface area (TPSA) is 78.5 Å². The van der Waals surface area contributed by atoms with E-state index < -0.39 is 5.97 Å². The summed E-state index contributed by atoms with van der Waals surface area (Å²) in [7, 11) is 0. The van der Waals surface area contributed by atoms with Crippen molar-refractivity contribution >= 4 is 11.8 Å². The molecule has 0 aromatic carbocycles. The van der Waals surface area contributed by atoms with Gasteiger partial charge in [-0.2, -0.15) is 0 Å². The predicted octanol–water partition coefficient (Wildman–Crippen LogP) is 5.95. The highest BCUT2D eigenvalue weighted by Gasteiger charge is 2.38. The summed E-state index contributed by atoms with van der Waals surface area (Å²) in [6.07, 6.45) is 29.5. The van der Waals surface area contributed by atoms with Crippen LogP contribution in [0, 0.1) is 0 Å². The van der Waals surface area contributed by atoms with Gasteiger partial charge in [-0.05, 0) is 25.7 Å². The first-order valence-electron chi connectivity index (χ1n) is 13.3. The minimum absolute atomic E-state index is 0.109. The van der Waals surface area contributed by atoms with Crippen LogP contribution in [0.15, 0.2) is 29.5 Å². The molecule has 1 heterocycles. The van der Waals surface area contributed by atoms with Gasteiger partial charge >= 0.3 is 0 Å². The second-order valence-corrected chi connectivity index (χ2v) is 9.44. The molecule has 5 nitrogen and oxygen atoms in total. The number of carbonyl (C=O) groups is 1. The molecule has 0 aromatic rings. The maximum atomic E-state index is 11.2. The average molecular weight is 448 g/mol. The van der Waals surface area contributed by atoms with Crippen LogP contribution in [0.4, 0.5) is 0 Å². The van der Waals surface area contributed by atoms with Gasteiger partial charge in [-0.15, -0.1) is 0 Å². The number of carboxylic acids is 1. The maximum absolute atomic E-state index is 11.2. The van der Waals surface area contributed by atoms with E-state index in [1.807, 2.05) is 6.92 Å². The quantitative estimate of drug-likeness (QED) is 0.134. The van der Waals surface area contributed by atoms with E-state index >= 15 is 0 Å². The first-order valence-corrected chi connectivity index (χ1v) is 13.3. The fourth-order valence-electron chi connectivity index (χ4n) is 4.45. The lowest BCUT2D eigenvalue weighted by atomic mass is 10.0. The van der Waals surface area contributed by atoms with E-state index in [1.165, 1.54) is 89.9 Å². The second-order valence-electron chi connectivity index (χ2n) is 9.44. The van der Waals surface area contributed by atoms with Crippen molar-refractivity contribution in [1.29, 1.82) is 0 Å². The third-order valence-electron chi connectivity index (χ3n) is 6.57. The molecule has 184 valence electrons. The van der Waals surface area contributed by atoms with E-state index in [4.69, 9.17) is 5.73 Å². The molecular formula is C27H49N3O2. The van der Waals surface area contributed by atoms with E-state index in [2.05, 4.69) is 24.1 Å². The molecule has 2 unspecified atom stereocenters. The van der Waals surface area contributed by atoms with E-state index in [1.54, 1.807) is 12.4 Å². The number of carboxylic acid groups (broad SMARTS) is 1. The molecule has 0 aliphatic carbocycles. The largest absolute Gasteiger partial charge is 0.544 e. The first kappa shape index (κ1) is 28.6. The molecule has 0 bridgehead atoms. The summed E-state index contributed by atoms with van der Waals surface area (Å²) in [5.41, 5.74) is 6.09. The standard InChI is InChI=1S/C27H49N3O2/c1-3-4-5-6-7-8-9-10-11-12-13-14-15-16-17-18-19-20-21-26-29-22-23-30(26,25(2)28)24-27(31)32/h6-7,22-23,25H,3-5,8-21,24,28H2,1-2H3/b7-6+. The molecular weight excluding hydrogens is 398 g/mol. The Kier molecular flexibility index (Phi) is 16.1. The number of unbranched alkanes of at least 4 members (excludes halogenated alkanes) is 14. The molecule has 0 radical (unpaired) electrons. The monoisotopic (exact) mass is 447 g/mol. The Morgan fingerprint density at radius 3 is 1.94 bits per heavy atom. The molecule has 0 saturated heterocycles. The molecule has 1 aliphatic heterocycles. The molecule has 32 heavy (non-hydrogen) atoms. The van der Waals surface area contributed by atoms with Crippen LogP contribution in [0.5, 0.6) is 0 Å². The fraction of sp³-hybridized carbons (Fsp3) is 0.778. The Morgan fingerprint density at radius 1 is 0.938 bits per heavy atom. The van der Waals surface area contributed by atoms with Crippen molar-refractivity contribution in [2.45, 2.75) is 129 Å². The summed E-state index contributed by atoms with van der Waals surface area (Å²) in [6.45, 7) is 3.95. The number of nitrogens with two attached hydrogens (primary N) is 1. The minimum atomic E-state index is -1.09. The highest BCUT2D eigenvalue weighted by atomic mass is 16.4. The summed E-state index contributed by atoms with van der Waals surface area (Å²) in [6, 6.07) is 0. The zero-order chi connectivity index (χ0) is 23.5. The van der Waals surface area contributed by atoms with Crippen LogP contribution in [-0.4, -0.2) is 29.0 Å². The van der Waals surface area contributed by atoms with Crippen molar-refractivity contribution in [3.8, 4) is 0 Å². The van der Waals surface area contributed by atoms with Gasteiger partial charge in [0.25, 0.3) is 0 Å². The number of rotatable bonds is 21. The highest BCUT2D eigenvalue weighted by Crippen LogP contribution is 2.23. The van der Waals surface area contributed by atoms with Gasteiger partial charge in [0.1, 0.15) is 18.9 Å².